The molecule has 0 aromatic heterocycles. The molecule has 0 heterocycles. The third-order valence-corrected chi connectivity index (χ3v) is 6.41. The molecule has 1 aromatic rings. The summed E-state index contributed by atoms with van der Waals surface area (Å²) in [7, 11) is -3.20. The van der Waals surface area contributed by atoms with Gasteiger partial charge in [0.05, 0.1) is 28.3 Å². The number of hydrogen-bond acceptors (Lipinski definition) is 2. The van der Waals surface area contributed by atoms with E-state index in [4.69, 9.17) is 4.78 Å². The second kappa shape index (κ2) is 5.99. The Bertz CT molecular complexity index is 490. The zero-order valence-corrected chi connectivity index (χ0v) is 12.3. The molecule has 0 bridgehead atoms. The third kappa shape index (κ3) is 3.32. The fraction of sp³-hybridized carbons (Fsp3) is 0.571. The lowest BCUT2D eigenvalue weighted by atomic mass is 10.0. The normalized spacial score (nSPS) is 17.2. The third-order valence-electron chi connectivity index (χ3n) is 3.22. The van der Waals surface area contributed by atoms with Gasteiger partial charge in [0.25, 0.3) is 0 Å². The fourth-order valence-electron chi connectivity index (χ4n) is 1.96. The van der Waals surface area contributed by atoms with Crippen molar-refractivity contribution in [3.8, 4) is 0 Å². The first kappa shape index (κ1) is 16.1. The summed E-state index contributed by atoms with van der Waals surface area (Å²) in [4.78, 5) is 0. The van der Waals surface area contributed by atoms with Crippen molar-refractivity contribution in [1.82, 2.24) is 0 Å². The summed E-state index contributed by atoms with van der Waals surface area (Å²) in [6.07, 6.45) is 0. The van der Waals surface area contributed by atoms with Crippen LogP contribution in [0.3, 0.4) is 0 Å². The van der Waals surface area contributed by atoms with Crippen molar-refractivity contribution >= 4 is 9.73 Å². The molecule has 1 N–H and O–H groups in total. The van der Waals surface area contributed by atoms with Crippen LogP contribution in [-0.2, 0) is 9.73 Å². The number of hydrogen-bond donors (Lipinski definition) is 1. The molecule has 0 aliphatic heterocycles. The van der Waals surface area contributed by atoms with Crippen molar-refractivity contribution in [2.45, 2.75) is 30.8 Å². The van der Waals surface area contributed by atoms with Gasteiger partial charge >= 0.3 is 0 Å². The van der Waals surface area contributed by atoms with Crippen molar-refractivity contribution in [2.75, 3.05) is 13.3 Å². The van der Waals surface area contributed by atoms with Gasteiger partial charge in [0.15, 0.2) is 0 Å². The van der Waals surface area contributed by atoms with Gasteiger partial charge in [-0.15, -0.1) is 0 Å². The summed E-state index contributed by atoms with van der Waals surface area (Å²) in [5, 5.41) is -0.927. The Morgan fingerprint density at radius 2 is 1.63 bits per heavy atom. The fourth-order valence-corrected chi connectivity index (χ4v) is 3.95. The predicted molar refractivity (Wildman–Crippen MR) is 75.2 cm³/mol. The highest BCUT2D eigenvalue weighted by Crippen LogP contribution is 2.38. The van der Waals surface area contributed by atoms with E-state index in [9.17, 15) is 13.0 Å². The zero-order valence-electron chi connectivity index (χ0n) is 11.5. The molecule has 0 amide bonds. The van der Waals surface area contributed by atoms with E-state index < -0.39 is 39.0 Å². The second-order valence-electron chi connectivity index (χ2n) is 5.61. The van der Waals surface area contributed by atoms with Crippen molar-refractivity contribution in [3.05, 3.63) is 35.9 Å². The van der Waals surface area contributed by atoms with E-state index in [2.05, 4.69) is 0 Å². The Kier molecular flexibility index (Phi) is 5.07. The molecular weight excluding hydrogens is 268 g/mol. The molecule has 2 unspecified atom stereocenters. The monoisotopic (exact) mass is 289 g/mol. The van der Waals surface area contributed by atoms with Crippen LogP contribution in [0.2, 0.25) is 0 Å². The Morgan fingerprint density at radius 3 is 2.00 bits per heavy atom. The molecule has 0 aliphatic carbocycles. The van der Waals surface area contributed by atoms with Crippen LogP contribution in [0, 0.1) is 10.7 Å². The van der Waals surface area contributed by atoms with Crippen LogP contribution >= 0.6 is 0 Å². The van der Waals surface area contributed by atoms with Gasteiger partial charge in [-0.05, 0) is 26.3 Å². The van der Waals surface area contributed by atoms with Gasteiger partial charge in [0.1, 0.15) is 0 Å². The maximum Gasteiger partial charge on any atom is 0.0962 e. The summed E-state index contributed by atoms with van der Waals surface area (Å²) >= 11 is 0. The van der Waals surface area contributed by atoms with Gasteiger partial charge in [-0.25, -0.2) is 4.21 Å². The van der Waals surface area contributed by atoms with E-state index in [0.29, 0.717) is 5.56 Å². The van der Waals surface area contributed by atoms with Gasteiger partial charge in [-0.2, -0.15) is 0 Å². The molecule has 0 saturated heterocycles. The largest absolute Gasteiger partial charge is 0.252 e. The van der Waals surface area contributed by atoms with Gasteiger partial charge in [-0.1, -0.05) is 30.3 Å². The average Bonchev–Trinajstić information content (AvgIpc) is 2.35. The molecule has 0 saturated carbocycles. The van der Waals surface area contributed by atoms with E-state index in [-0.39, 0.29) is 0 Å². The Balaban J connectivity index is 3.37. The average molecular weight is 289 g/mol. The highest BCUT2D eigenvalue weighted by Gasteiger charge is 2.39. The minimum absolute atomic E-state index is 0.567. The molecule has 2 nitrogen and oxygen atoms in total. The van der Waals surface area contributed by atoms with Gasteiger partial charge in [0.2, 0.25) is 0 Å². The topological polar surface area (TPSA) is 40.9 Å². The van der Waals surface area contributed by atoms with Crippen molar-refractivity contribution in [1.29, 1.82) is 4.78 Å². The highest BCUT2D eigenvalue weighted by molar-refractivity contribution is 7.94. The number of benzene rings is 1. The summed E-state index contributed by atoms with van der Waals surface area (Å²) < 4.78 is 46.3. The van der Waals surface area contributed by atoms with Gasteiger partial charge < -0.3 is 0 Å². The lowest BCUT2D eigenvalue weighted by Crippen LogP contribution is -2.36. The van der Waals surface area contributed by atoms with E-state index in [1.54, 1.807) is 51.1 Å². The Hall–Kier alpha value is -0.970. The molecule has 19 heavy (non-hydrogen) atoms. The van der Waals surface area contributed by atoms with E-state index >= 15 is 0 Å². The molecular formula is C14H21F2NOS. The van der Waals surface area contributed by atoms with E-state index in [0.717, 1.165) is 0 Å². The van der Waals surface area contributed by atoms with Crippen LogP contribution in [0.15, 0.2) is 30.3 Å². The number of nitrogens with one attached hydrogen (secondary N) is 1. The van der Waals surface area contributed by atoms with Crippen LogP contribution in [0.4, 0.5) is 8.78 Å². The number of halogens is 2. The minimum Gasteiger partial charge on any atom is -0.252 e. The quantitative estimate of drug-likeness (QED) is 0.870. The lowest BCUT2D eigenvalue weighted by Gasteiger charge is -2.33. The molecule has 1 rings (SSSR count). The van der Waals surface area contributed by atoms with Crippen LogP contribution < -0.4 is 0 Å². The van der Waals surface area contributed by atoms with Crippen LogP contribution in [0.5, 0.6) is 0 Å². The van der Waals surface area contributed by atoms with Gasteiger partial charge in [0, 0.05) is 10.7 Å². The first-order chi connectivity index (χ1) is 8.75. The molecule has 5 heteroatoms. The van der Waals surface area contributed by atoms with Crippen molar-refractivity contribution in [2.24, 2.45) is 5.92 Å². The molecule has 0 aliphatic rings. The summed E-state index contributed by atoms with van der Waals surface area (Å²) in [6, 6.07) is 8.61. The zero-order chi connectivity index (χ0) is 14.7. The summed E-state index contributed by atoms with van der Waals surface area (Å²) in [5.41, 5.74) is 0.567. The molecule has 2 atom stereocenters. The molecule has 0 spiro atoms. The van der Waals surface area contributed by atoms with Crippen LogP contribution in [-0.4, -0.2) is 22.3 Å². The predicted octanol–water partition coefficient (Wildman–Crippen LogP) is 4.13. The SMILES string of the molecule is CC(C)(C)S(=N)(=O)C(c1ccccc1)C(CF)CF. The molecule has 108 valence electrons. The minimum atomic E-state index is -3.20. The van der Waals surface area contributed by atoms with Crippen LogP contribution in [0.25, 0.3) is 0 Å². The molecule has 0 radical (unpaired) electrons. The van der Waals surface area contributed by atoms with E-state index in [1.165, 1.54) is 0 Å². The molecule has 0 fully saturated rings. The first-order valence-corrected chi connectivity index (χ1v) is 7.82. The lowest BCUT2D eigenvalue weighted by molar-refractivity contribution is 0.280. The first-order valence-electron chi connectivity index (χ1n) is 6.19. The van der Waals surface area contributed by atoms with Crippen molar-refractivity contribution in [3.63, 3.8) is 0 Å². The summed E-state index contributed by atoms with van der Waals surface area (Å²) in [6.45, 7) is 3.19. The maximum absolute atomic E-state index is 13.1. The smallest absolute Gasteiger partial charge is 0.0962 e. The number of rotatable bonds is 5. The highest BCUT2D eigenvalue weighted by atomic mass is 32.2. The molecule has 1 aromatic carbocycles. The van der Waals surface area contributed by atoms with Crippen molar-refractivity contribution < 1.29 is 13.0 Å². The van der Waals surface area contributed by atoms with E-state index in [1.807, 2.05) is 0 Å². The number of alkyl halides is 2. The Labute approximate surface area is 114 Å². The second-order valence-corrected chi connectivity index (χ2v) is 8.55. The maximum atomic E-state index is 13.1. The summed E-state index contributed by atoms with van der Waals surface area (Å²) in [5.74, 6) is -1.04. The van der Waals surface area contributed by atoms with Crippen LogP contribution in [0.1, 0.15) is 31.6 Å². The van der Waals surface area contributed by atoms with Gasteiger partial charge in [-0.3, -0.25) is 13.6 Å². The Morgan fingerprint density at radius 1 is 1.16 bits per heavy atom. The standard InChI is InChI=1S/C14H21F2NOS/c1-14(2,3)19(17,18)13(12(9-15)10-16)11-7-5-4-6-8-11/h4-8,12-13,17H,9-10H2,1-3H3.